The molecule has 0 unspecified atom stereocenters. The molecule has 2 aromatic rings. The van der Waals surface area contributed by atoms with Gasteiger partial charge in [-0.3, -0.25) is 15.2 Å². The summed E-state index contributed by atoms with van der Waals surface area (Å²) in [7, 11) is 2.09. The van der Waals surface area contributed by atoms with Crippen LogP contribution in [-0.2, 0) is 0 Å². The van der Waals surface area contributed by atoms with Gasteiger partial charge in [-0.15, -0.1) is 0 Å². The Kier molecular flexibility index (Phi) is 3.62. The summed E-state index contributed by atoms with van der Waals surface area (Å²) in [6, 6.07) is 9.69. The third-order valence-corrected chi connectivity index (χ3v) is 3.62. The number of carbonyl (C=O) groups excluding carboxylic acids is 1. The van der Waals surface area contributed by atoms with Gasteiger partial charge in [-0.2, -0.15) is 0 Å². The number of hydrazine groups is 1. The first-order chi connectivity index (χ1) is 9.72. The first-order valence-corrected chi connectivity index (χ1v) is 6.82. The van der Waals surface area contributed by atoms with Crippen LogP contribution in [0.4, 0.5) is 0 Å². The fourth-order valence-corrected chi connectivity index (χ4v) is 2.32. The van der Waals surface area contributed by atoms with Crippen molar-refractivity contribution in [2.45, 2.75) is 0 Å². The summed E-state index contributed by atoms with van der Waals surface area (Å²) in [4.78, 5) is 18.8. The second-order valence-corrected chi connectivity index (χ2v) is 5.15. The molecule has 1 aliphatic rings. The molecule has 0 bridgehead atoms. The minimum Gasteiger partial charge on any atom is -0.304 e. The minimum absolute atomic E-state index is 0.0900. The Labute approximate surface area is 118 Å². The van der Waals surface area contributed by atoms with E-state index in [1.54, 1.807) is 6.20 Å². The maximum absolute atomic E-state index is 12.2. The lowest BCUT2D eigenvalue weighted by molar-refractivity contribution is 0.0662. The van der Waals surface area contributed by atoms with Crippen LogP contribution in [0.15, 0.2) is 36.5 Å². The van der Waals surface area contributed by atoms with E-state index in [0.717, 1.165) is 37.1 Å². The van der Waals surface area contributed by atoms with Crippen molar-refractivity contribution in [1.29, 1.82) is 0 Å². The van der Waals surface area contributed by atoms with Crippen LogP contribution in [0.1, 0.15) is 10.4 Å². The third kappa shape index (κ3) is 2.79. The summed E-state index contributed by atoms with van der Waals surface area (Å²) in [5.41, 5.74) is 4.45. The Balaban J connectivity index is 1.72. The molecule has 5 nitrogen and oxygen atoms in total. The number of likely N-dealkylation sites (N-methyl/N-ethyl adjacent to an activating group) is 1. The predicted octanol–water partition coefficient (Wildman–Crippen LogP) is 1.13. The van der Waals surface area contributed by atoms with Crippen molar-refractivity contribution in [3.8, 4) is 0 Å². The number of nitrogens with one attached hydrogen (secondary N) is 1. The van der Waals surface area contributed by atoms with Gasteiger partial charge in [-0.25, -0.2) is 5.01 Å². The lowest BCUT2D eigenvalue weighted by Gasteiger charge is -2.32. The molecule has 1 N–H and O–H groups in total. The zero-order valence-electron chi connectivity index (χ0n) is 11.5. The number of nitrogens with zero attached hydrogens (tertiary/aromatic N) is 3. The van der Waals surface area contributed by atoms with Crippen LogP contribution in [0.2, 0.25) is 0 Å². The summed E-state index contributed by atoms with van der Waals surface area (Å²) < 4.78 is 0. The number of benzene rings is 1. The van der Waals surface area contributed by atoms with Gasteiger partial charge in [0.05, 0.1) is 11.1 Å². The Morgan fingerprint density at radius 3 is 2.75 bits per heavy atom. The van der Waals surface area contributed by atoms with E-state index in [1.807, 2.05) is 35.3 Å². The van der Waals surface area contributed by atoms with Crippen molar-refractivity contribution in [3.05, 3.63) is 42.1 Å². The average molecular weight is 270 g/mol. The quantitative estimate of drug-likeness (QED) is 0.888. The molecular weight excluding hydrogens is 252 g/mol. The number of pyridine rings is 1. The molecule has 0 spiro atoms. The monoisotopic (exact) mass is 270 g/mol. The second kappa shape index (κ2) is 5.56. The number of rotatable bonds is 2. The van der Waals surface area contributed by atoms with Gasteiger partial charge in [-0.1, -0.05) is 18.2 Å². The first kappa shape index (κ1) is 13.0. The van der Waals surface area contributed by atoms with Gasteiger partial charge in [0.1, 0.15) is 0 Å². The van der Waals surface area contributed by atoms with Crippen molar-refractivity contribution in [3.63, 3.8) is 0 Å². The van der Waals surface area contributed by atoms with Crippen molar-refractivity contribution >= 4 is 16.8 Å². The highest BCUT2D eigenvalue weighted by Crippen LogP contribution is 2.12. The van der Waals surface area contributed by atoms with E-state index in [2.05, 4.69) is 22.4 Å². The number of carbonyl (C=O) groups is 1. The lowest BCUT2D eigenvalue weighted by Crippen LogP contribution is -2.52. The number of amides is 1. The molecule has 0 aliphatic carbocycles. The second-order valence-electron chi connectivity index (χ2n) is 5.15. The third-order valence-electron chi connectivity index (χ3n) is 3.62. The van der Waals surface area contributed by atoms with Gasteiger partial charge in [0.25, 0.3) is 5.91 Å². The molecule has 1 aromatic carbocycles. The number of piperazine rings is 1. The average Bonchev–Trinajstić information content (AvgIpc) is 2.49. The smallest absolute Gasteiger partial charge is 0.267 e. The van der Waals surface area contributed by atoms with E-state index in [9.17, 15) is 4.79 Å². The molecule has 1 saturated heterocycles. The molecule has 5 heteroatoms. The summed E-state index contributed by atoms with van der Waals surface area (Å²) in [5.74, 6) is -0.0900. The number of para-hydroxylation sites is 1. The largest absolute Gasteiger partial charge is 0.304 e. The number of fused-ring (bicyclic) bond motifs is 1. The fraction of sp³-hybridized carbons (Fsp3) is 0.333. The molecule has 0 atom stereocenters. The van der Waals surface area contributed by atoms with Crippen molar-refractivity contribution in [2.24, 2.45) is 0 Å². The number of aromatic nitrogens is 1. The van der Waals surface area contributed by atoms with E-state index < -0.39 is 0 Å². The molecule has 104 valence electrons. The summed E-state index contributed by atoms with van der Waals surface area (Å²) >= 11 is 0. The molecule has 1 fully saturated rings. The highest BCUT2D eigenvalue weighted by atomic mass is 16.2. The van der Waals surface area contributed by atoms with Crippen molar-refractivity contribution < 1.29 is 4.79 Å². The van der Waals surface area contributed by atoms with Crippen molar-refractivity contribution in [1.82, 2.24) is 20.3 Å². The Morgan fingerprint density at radius 1 is 1.20 bits per heavy atom. The standard InChI is InChI=1S/C15H18N4O/c1-18-6-8-19(9-7-18)17-15(20)13-10-12-4-2-3-5-14(12)16-11-13/h2-5,10-11H,6-9H2,1H3,(H,17,20). The number of hydrogen-bond acceptors (Lipinski definition) is 4. The molecule has 1 amide bonds. The summed E-state index contributed by atoms with van der Waals surface area (Å²) in [5, 5.41) is 2.95. The van der Waals surface area contributed by atoms with Crippen LogP contribution in [0.25, 0.3) is 10.9 Å². The zero-order valence-corrected chi connectivity index (χ0v) is 11.5. The van der Waals surface area contributed by atoms with E-state index in [4.69, 9.17) is 0 Å². The van der Waals surface area contributed by atoms with Gasteiger partial charge in [0.2, 0.25) is 0 Å². The molecule has 0 radical (unpaired) electrons. The fourth-order valence-electron chi connectivity index (χ4n) is 2.32. The molecule has 3 rings (SSSR count). The molecule has 1 aliphatic heterocycles. The van der Waals surface area contributed by atoms with Gasteiger partial charge in [-0.05, 0) is 19.2 Å². The molecular formula is C15H18N4O. The minimum atomic E-state index is -0.0900. The highest BCUT2D eigenvalue weighted by molar-refractivity contribution is 5.96. The van der Waals surface area contributed by atoms with E-state index in [0.29, 0.717) is 5.56 Å². The van der Waals surface area contributed by atoms with Crippen molar-refractivity contribution in [2.75, 3.05) is 33.2 Å². The van der Waals surface area contributed by atoms with Gasteiger partial charge in [0, 0.05) is 37.8 Å². The van der Waals surface area contributed by atoms with E-state index in [-0.39, 0.29) is 5.91 Å². The normalized spacial score (nSPS) is 17.2. The highest BCUT2D eigenvalue weighted by Gasteiger charge is 2.16. The van der Waals surface area contributed by atoms with Gasteiger partial charge < -0.3 is 4.90 Å². The Bertz CT molecular complexity index is 620. The molecule has 0 saturated carbocycles. The van der Waals surface area contributed by atoms with Crippen LogP contribution in [0.3, 0.4) is 0 Å². The zero-order chi connectivity index (χ0) is 13.9. The van der Waals surface area contributed by atoms with Gasteiger partial charge in [0.15, 0.2) is 0 Å². The topological polar surface area (TPSA) is 48.5 Å². The van der Waals surface area contributed by atoms with Crippen LogP contribution in [0, 0.1) is 0 Å². The van der Waals surface area contributed by atoms with Crippen LogP contribution < -0.4 is 5.43 Å². The van der Waals surface area contributed by atoms with E-state index in [1.165, 1.54) is 0 Å². The lowest BCUT2D eigenvalue weighted by atomic mass is 10.1. The first-order valence-electron chi connectivity index (χ1n) is 6.82. The predicted molar refractivity (Wildman–Crippen MR) is 78.3 cm³/mol. The van der Waals surface area contributed by atoms with E-state index >= 15 is 0 Å². The maximum Gasteiger partial charge on any atom is 0.267 e. The molecule has 2 heterocycles. The van der Waals surface area contributed by atoms with Gasteiger partial charge >= 0.3 is 0 Å². The summed E-state index contributed by atoms with van der Waals surface area (Å²) in [6.45, 7) is 3.64. The maximum atomic E-state index is 12.2. The van der Waals surface area contributed by atoms with Crippen LogP contribution >= 0.6 is 0 Å². The Hall–Kier alpha value is -1.98. The van der Waals surface area contributed by atoms with Crippen LogP contribution in [0.5, 0.6) is 0 Å². The van der Waals surface area contributed by atoms with Crippen LogP contribution in [-0.4, -0.2) is 54.0 Å². The summed E-state index contributed by atoms with van der Waals surface area (Å²) in [6.07, 6.45) is 1.63. The molecule has 1 aromatic heterocycles. The SMILES string of the molecule is CN1CCN(NC(=O)c2cnc3ccccc3c2)CC1. The molecule has 20 heavy (non-hydrogen) atoms. The number of hydrogen-bond donors (Lipinski definition) is 1. The Morgan fingerprint density at radius 2 is 1.95 bits per heavy atom.